The van der Waals surface area contributed by atoms with Crippen molar-refractivity contribution in [2.75, 3.05) is 26.2 Å². The Bertz CT molecular complexity index is 1320. The molecule has 1 aliphatic rings. The Balaban J connectivity index is 1.45. The quantitative estimate of drug-likeness (QED) is 0.304. The number of carbonyl (C=O) groups excluding carboxylic acids is 2. The maximum atomic E-state index is 13.5. The highest BCUT2D eigenvalue weighted by atomic mass is 35.5. The molecular weight excluding hydrogens is 541 g/mol. The van der Waals surface area contributed by atoms with E-state index in [4.69, 9.17) is 27.9 Å². The molecule has 3 aromatic carbocycles. The summed E-state index contributed by atoms with van der Waals surface area (Å²) in [4.78, 5) is 41.2. The molecule has 0 spiro atoms. The van der Waals surface area contributed by atoms with E-state index in [0.717, 1.165) is 5.75 Å². The van der Waals surface area contributed by atoms with Crippen molar-refractivity contribution in [1.82, 2.24) is 15.1 Å². The molecule has 2 N–H and O–H groups in total. The predicted molar refractivity (Wildman–Crippen MR) is 149 cm³/mol. The van der Waals surface area contributed by atoms with Gasteiger partial charge in [0.05, 0.1) is 13.0 Å². The number of para-hydroxylation sites is 1. The number of hydrogen-bond acceptors (Lipinski definition) is 4. The van der Waals surface area contributed by atoms with E-state index >= 15 is 0 Å². The van der Waals surface area contributed by atoms with Crippen molar-refractivity contribution in [2.24, 2.45) is 5.92 Å². The lowest BCUT2D eigenvalue weighted by molar-refractivity contribution is -0.138. The van der Waals surface area contributed by atoms with Crippen LogP contribution in [0.2, 0.25) is 10.0 Å². The van der Waals surface area contributed by atoms with Crippen molar-refractivity contribution in [1.29, 1.82) is 0 Å². The van der Waals surface area contributed by atoms with Crippen LogP contribution in [0.3, 0.4) is 0 Å². The highest BCUT2D eigenvalue weighted by Gasteiger charge is 2.33. The van der Waals surface area contributed by atoms with Crippen molar-refractivity contribution in [2.45, 2.75) is 19.5 Å². The number of amides is 3. The number of urea groups is 1. The number of nitrogens with zero attached hydrogens (tertiary/aromatic N) is 2. The molecule has 1 atom stereocenters. The fourth-order valence-corrected chi connectivity index (χ4v) is 5.03. The molecule has 8 nitrogen and oxygen atoms in total. The number of halogens is 2. The van der Waals surface area contributed by atoms with E-state index in [1.807, 2.05) is 30.3 Å². The summed E-state index contributed by atoms with van der Waals surface area (Å²) in [6.45, 7) is 1.53. The molecule has 0 bridgehead atoms. The molecule has 1 fully saturated rings. The minimum absolute atomic E-state index is 0.0851. The van der Waals surface area contributed by atoms with Crippen LogP contribution < -0.4 is 10.1 Å². The van der Waals surface area contributed by atoms with Crippen LogP contribution in [-0.4, -0.2) is 59.1 Å². The molecular formula is C29H29Cl2N3O5. The average molecular weight is 570 g/mol. The number of aliphatic carboxylic acids is 1. The van der Waals surface area contributed by atoms with Gasteiger partial charge < -0.3 is 25.0 Å². The van der Waals surface area contributed by atoms with E-state index in [1.54, 1.807) is 52.3 Å². The summed E-state index contributed by atoms with van der Waals surface area (Å²) in [6.07, 6.45) is -0.0851. The van der Waals surface area contributed by atoms with Crippen molar-refractivity contribution in [3.05, 3.63) is 99.5 Å². The Morgan fingerprint density at radius 1 is 0.923 bits per heavy atom. The molecule has 10 heteroatoms. The van der Waals surface area contributed by atoms with Gasteiger partial charge in [-0.3, -0.25) is 9.59 Å². The molecule has 1 heterocycles. The summed E-state index contributed by atoms with van der Waals surface area (Å²) < 4.78 is 5.64. The monoisotopic (exact) mass is 569 g/mol. The van der Waals surface area contributed by atoms with Crippen LogP contribution in [0.15, 0.2) is 72.8 Å². The number of nitrogens with one attached hydrogen (secondary N) is 1. The average Bonchev–Trinajstić information content (AvgIpc) is 2.91. The van der Waals surface area contributed by atoms with Crippen LogP contribution in [0.4, 0.5) is 4.79 Å². The van der Waals surface area contributed by atoms with Gasteiger partial charge in [-0.15, -0.1) is 0 Å². The van der Waals surface area contributed by atoms with Gasteiger partial charge >= 0.3 is 12.0 Å². The molecule has 0 aliphatic carbocycles. The lowest BCUT2D eigenvalue weighted by Crippen LogP contribution is -2.53. The topological polar surface area (TPSA) is 99.2 Å². The zero-order chi connectivity index (χ0) is 27.8. The van der Waals surface area contributed by atoms with E-state index in [1.165, 1.54) is 0 Å². The standard InChI is InChI=1S/C29H29Cl2N3O5/c30-23-11-10-22(26(31)15-23)19-34-17-20(14-27(35)36)16-33(29(34)38)18-21-6-4-5-9-25(21)28(37)32-12-13-39-24-7-2-1-3-8-24/h1-11,15,20H,12-14,16-19H2,(H,32,37)(H,35,36). The molecule has 0 aromatic heterocycles. The lowest BCUT2D eigenvalue weighted by Gasteiger charge is -2.40. The summed E-state index contributed by atoms with van der Waals surface area (Å²) in [5, 5.41) is 13.2. The van der Waals surface area contributed by atoms with Gasteiger partial charge in [-0.25, -0.2) is 4.79 Å². The normalized spacial score (nSPS) is 15.2. The number of carbonyl (C=O) groups is 3. The smallest absolute Gasteiger partial charge is 0.320 e. The van der Waals surface area contributed by atoms with Crippen LogP contribution in [0.5, 0.6) is 5.75 Å². The maximum Gasteiger partial charge on any atom is 0.320 e. The van der Waals surface area contributed by atoms with E-state index in [2.05, 4.69) is 5.32 Å². The van der Waals surface area contributed by atoms with Crippen molar-refractivity contribution < 1.29 is 24.2 Å². The number of carboxylic acid groups (broad SMARTS) is 1. The summed E-state index contributed by atoms with van der Waals surface area (Å²) in [7, 11) is 0. The summed E-state index contributed by atoms with van der Waals surface area (Å²) >= 11 is 12.4. The van der Waals surface area contributed by atoms with Gasteiger partial charge in [0.25, 0.3) is 5.91 Å². The maximum absolute atomic E-state index is 13.5. The molecule has 3 aromatic rings. The molecule has 0 saturated carbocycles. The Morgan fingerprint density at radius 3 is 2.28 bits per heavy atom. The van der Waals surface area contributed by atoms with E-state index in [0.29, 0.717) is 39.9 Å². The first-order valence-corrected chi connectivity index (χ1v) is 13.3. The first-order valence-electron chi connectivity index (χ1n) is 12.5. The van der Waals surface area contributed by atoms with Crippen LogP contribution in [0.1, 0.15) is 27.9 Å². The van der Waals surface area contributed by atoms with Gasteiger partial charge in [0.2, 0.25) is 0 Å². The van der Waals surface area contributed by atoms with Crippen molar-refractivity contribution >= 4 is 41.1 Å². The van der Waals surface area contributed by atoms with Gasteiger partial charge in [0.1, 0.15) is 12.4 Å². The van der Waals surface area contributed by atoms with Gasteiger partial charge in [0, 0.05) is 47.7 Å². The lowest BCUT2D eigenvalue weighted by atomic mass is 9.99. The first-order chi connectivity index (χ1) is 18.8. The third-order valence-corrected chi connectivity index (χ3v) is 6.95. The van der Waals surface area contributed by atoms with Gasteiger partial charge in [-0.1, -0.05) is 65.7 Å². The Labute approximate surface area is 237 Å². The molecule has 39 heavy (non-hydrogen) atoms. The van der Waals surface area contributed by atoms with Gasteiger partial charge in [-0.2, -0.15) is 0 Å². The fraction of sp³-hybridized carbons (Fsp3) is 0.276. The first kappa shape index (κ1) is 28.3. The number of carboxylic acids is 1. The minimum atomic E-state index is -0.934. The zero-order valence-electron chi connectivity index (χ0n) is 21.2. The molecule has 204 valence electrons. The largest absolute Gasteiger partial charge is 0.492 e. The van der Waals surface area contributed by atoms with Crippen LogP contribution in [-0.2, 0) is 17.9 Å². The second-order valence-corrected chi connectivity index (χ2v) is 10.2. The third kappa shape index (κ3) is 7.88. The van der Waals surface area contributed by atoms with Crippen LogP contribution >= 0.6 is 23.2 Å². The Hall–Kier alpha value is -3.75. The molecule has 3 amide bonds. The SMILES string of the molecule is O=C(O)CC1CN(Cc2ccc(Cl)cc2Cl)C(=O)N(Cc2ccccc2C(=O)NCCOc2ccccc2)C1. The van der Waals surface area contributed by atoms with Crippen LogP contribution in [0.25, 0.3) is 0 Å². The Morgan fingerprint density at radius 2 is 1.59 bits per heavy atom. The predicted octanol–water partition coefficient (Wildman–Crippen LogP) is 5.33. The third-order valence-electron chi connectivity index (χ3n) is 6.36. The highest BCUT2D eigenvalue weighted by molar-refractivity contribution is 6.35. The summed E-state index contributed by atoms with van der Waals surface area (Å²) in [6, 6.07) is 21.2. The van der Waals surface area contributed by atoms with Gasteiger partial charge in [-0.05, 0) is 41.5 Å². The molecule has 4 rings (SSSR count). The highest BCUT2D eigenvalue weighted by Crippen LogP contribution is 2.27. The number of ether oxygens (including phenoxy) is 1. The summed E-state index contributed by atoms with van der Waals surface area (Å²) in [5.74, 6) is -0.784. The fourth-order valence-electron chi connectivity index (χ4n) is 4.56. The number of benzene rings is 3. The van der Waals surface area contributed by atoms with Crippen LogP contribution in [0, 0.1) is 5.92 Å². The molecule has 1 saturated heterocycles. The molecule has 1 aliphatic heterocycles. The van der Waals surface area contributed by atoms with Gasteiger partial charge in [0.15, 0.2) is 0 Å². The summed E-state index contributed by atoms with van der Waals surface area (Å²) in [5.41, 5.74) is 1.81. The van der Waals surface area contributed by atoms with Crippen molar-refractivity contribution in [3.8, 4) is 5.75 Å². The van der Waals surface area contributed by atoms with E-state index < -0.39 is 5.97 Å². The number of rotatable bonds is 11. The second-order valence-electron chi connectivity index (χ2n) is 9.32. The van der Waals surface area contributed by atoms with E-state index in [9.17, 15) is 19.5 Å². The minimum Gasteiger partial charge on any atom is -0.492 e. The molecule has 1 unspecified atom stereocenters. The molecule has 0 radical (unpaired) electrons. The number of hydrogen-bond donors (Lipinski definition) is 2. The van der Waals surface area contributed by atoms with E-state index in [-0.39, 0.29) is 50.5 Å². The Kier molecular flexibility index (Phi) is 9.68. The second kappa shape index (κ2) is 13.4. The zero-order valence-corrected chi connectivity index (χ0v) is 22.7. The van der Waals surface area contributed by atoms with Crippen molar-refractivity contribution in [3.63, 3.8) is 0 Å².